The van der Waals surface area contributed by atoms with Gasteiger partial charge in [-0.1, -0.05) is 35.9 Å². The van der Waals surface area contributed by atoms with E-state index in [2.05, 4.69) is 11.3 Å². The van der Waals surface area contributed by atoms with Gasteiger partial charge in [-0.3, -0.25) is 0 Å². The van der Waals surface area contributed by atoms with Crippen LogP contribution in [0.3, 0.4) is 0 Å². The molecule has 0 saturated heterocycles. The summed E-state index contributed by atoms with van der Waals surface area (Å²) in [7, 11) is -1.88. The third kappa shape index (κ3) is 4.20. The molecule has 0 fully saturated rings. The molecule has 0 aliphatic carbocycles. The van der Waals surface area contributed by atoms with Crippen LogP contribution >= 0.6 is 0 Å². The van der Waals surface area contributed by atoms with Crippen LogP contribution in [0.4, 0.5) is 13.2 Å². The van der Waals surface area contributed by atoms with Crippen LogP contribution in [0.15, 0.2) is 42.5 Å². The van der Waals surface area contributed by atoms with Crippen molar-refractivity contribution in [3.63, 3.8) is 0 Å². The Balaban J connectivity index is 3.47. The van der Waals surface area contributed by atoms with Crippen molar-refractivity contribution in [2.24, 2.45) is 0 Å². The summed E-state index contributed by atoms with van der Waals surface area (Å²) in [5.74, 6) is 0. The molecule has 0 aliphatic rings. The maximum Gasteiger partial charge on any atom is 0.411 e. The fourth-order valence-corrected chi connectivity index (χ4v) is 2.93. The van der Waals surface area contributed by atoms with E-state index in [1.807, 2.05) is 0 Å². The number of hydrogen-bond acceptors (Lipinski definition) is 1. The summed E-state index contributed by atoms with van der Waals surface area (Å²) in [6.45, 7) is 10.0. The molecule has 0 aliphatic heterocycles. The van der Waals surface area contributed by atoms with E-state index in [1.54, 1.807) is 26.8 Å². The minimum absolute atomic E-state index is 0.0306. The van der Waals surface area contributed by atoms with Gasteiger partial charge in [-0.05, 0) is 39.7 Å². The fraction of sp³-hybridized carbons (Fsp3) is 0.500. The van der Waals surface area contributed by atoms with Gasteiger partial charge in [0.1, 0.15) is 0 Å². The number of rotatable bonds is 5. The van der Waals surface area contributed by atoms with Gasteiger partial charge in [-0.15, -0.1) is 6.58 Å². The average Bonchev–Trinajstić information content (AvgIpc) is 2.35. The normalized spacial score (nSPS) is 16.9. The molecular weight excluding hydrogens is 311 g/mol. The van der Waals surface area contributed by atoms with Gasteiger partial charge >= 0.3 is 6.18 Å². The zero-order chi connectivity index (χ0) is 17.2. The third-order valence-corrected chi connectivity index (χ3v) is 4.79. The molecule has 124 valence electrons. The predicted octanol–water partition coefficient (Wildman–Crippen LogP) is 4.46. The Morgan fingerprint density at radius 2 is 1.68 bits per heavy atom. The van der Waals surface area contributed by atoms with Crippen LogP contribution in [0.1, 0.15) is 39.7 Å². The molecular formula is C16H22F3NOS. The Labute approximate surface area is 132 Å². The molecule has 0 aromatic heterocycles. The smallest absolute Gasteiger partial charge is 0.242 e. The van der Waals surface area contributed by atoms with Crippen LogP contribution in [0.2, 0.25) is 0 Å². The molecule has 0 unspecified atom stereocenters. The summed E-state index contributed by atoms with van der Waals surface area (Å²) >= 11 is 0. The van der Waals surface area contributed by atoms with Crippen LogP contribution in [0.5, 0.6) is 0 Å². The molecule has 1 rings (SSSR count). The lowest BCUT2D eigenvalue weighted by molar-refractivity contribution is -0.194. The summed E-state index contributed by atoms with van der Waals surface area (Å²) in [6, 6.07) is 7.50. The van der Waals surface area contributed by atoms with Crippen LogP contribution < -0.4 is 4.72 Å². The molecule has 1 aromatic carbocycles. The molecule has 6 heteroatoms. The predicted molar refractivity (Wildman–Crippen MR) is 84.6 cm³/mol. The zero-order valence-electron chi connectivity index (χ0n) is 13.3. The molecule has 1 N–H and O–H groups in total. The first kappa shape index (κ1) is 18.9. The highest BCUT2D eigenvalue weighted by molar-refractivity contribution is 7.84. The van der Waals surface area contributed by atoms with Crippen LogP contribution in [0, 0.1) is 0 Å². The maximum absolute atomic E-state index is 13.9. The maximum atomic E-state index is 13.9. The molecule has 0 radical (unpaired) electrons. The second-order valence-electron chi connectivity index (χ2n) is 6.39. The first-order valence-electron chi connectivity index (χ1n) is 6.86. The van der Waals surface area contributed by atoms with Crippen molar-refractivity contribution in [1.29, 1.82) is 0 Å². The quantitative estimate of drug-likeness (QED) is 0.792. The Morgan fingerprint density at radius 1 is 1.18 bits per heavy atom. The SMILES string of the molecule is C=C(C)C[C@](N[S@@](=O)C(C)(C)C)(c1ccccc1)C(F)(F)F. The highest BCUT2D eigenvalue weighted by atomic mass is 32.2. The van der Waals surface area contributed by atoms with E-state index in [0.717, 1.165) is 0 Å². The number of nitrogens with one attached hydrogen (secondary N) is 1. The molecule has 1 aromatic rings. The highest BCUT2D eigenvalue weighted by Crippen LogP contribution is 2.44. The number of benzene rings is 1. The van der Waals surface area contributed by atoms with Crippen LogP contribution in [0.25, 0.3) is 0 Å². The minimum atomic E-state index is -4.62. The topological polar surface area (TPSA) is 29.1 Å². The molecule has 0 saturated carbocycles. The third-order valence-electron chi connectivity index (χ3n) is 3.14. The first-order chi connectivity index (χ1) is 9.90. The van der Waals surface area contributed by atoms with E-state index in [1.165, 1.54) is 31.2 Å². The van der Waals surface area contributed by atoms with E-state index in [0.29, 0.717) is 5.57 Å². The highest BCUT2D eigenvalue weighted by Gasteiger charge is 2.57. The molecule has 2 atom stereocenters. The lowest BCUT2D eigenvalue weighted by Crippen LogP contribution is -2.57. The van der Waals surface area contributed by atoms with Gasteiger partial charge in [-0.2, -0.15) is 13.2 Å². The van der Waals surface area contributed by atoms with Gasteiger partial charge in [0.2, 0.25) is 0 Å². The van der Waals surface area contributed by atoms with Gasteiger partial charge in [-0.25, -0.2) is 8.93 Å². The largest absolute Gasteiger partial charge is 0.411 e. The number of hydrogen-bond donors (Lipinski definition) is 1. The van der Waals surface area contributed by atoms with Gasteiger partial charge in [0.25, 0.3) is 0 Å². The monoisotopic (exact) mass is 333 g/mol. The van der Waals surface area contributed by atoms with E-state index < -0.39 is 27.4 Å². The summed E-state index contributed by atoms with van der Waals surface area (Å²) in [5.41, 5.74) is -2.03. The Morgan fingerprint density at radius 3 is 2.05 bits per heavy atom. The fourth-order valence-electron chi connectivity index (χ4n) is 2.01. The van der Waals surface area contributed by atoms with E-state index >= 15 is 0 Å². The van der Waals surface area contributed by atoms with Crippen molar-refractivity contribution in [3.05, 3.63) is 48.0 Å². The van der Waals surface area contributed by atoms with E-state index in [4.69, 9.17) is 0 Å². The summed E-state index contributed by atoms with van der Waals surface area (Å²) in [5, 5.41) is 0. The molecule has 0 spiro atoms. The van der Waals surface area contributed by atoms with E-state index in [9.17, 15) is 17.4 Å². The van der Waals surface area contributed by atoms with Crippen molar-refractivity contribution in [2.45, 2.75) is 50.6 Å². The Bertz CT molecular complexity index is 549. The lowest BCUT2D eigenvalue weighted by atomic mass is 9.84. The van der Waals surface area contributed by atoms with Gasteiger partial charge < -0.3 is 0 Å². The van der Waals surface area contributed by atoms with Crippen molar-refractivity contribution in [2.75, 3.05) is 0 Å². The Kier molecular flexibility index (Phi) is 5.62. The van der Waals surface area contributed by atoms with Crippen molar-refractivity contribution < 1.29 is 17.4 Å². The lowest BCUT2D eigenvalue weighted by Gasteiger charge is -2.38. The Hall–Kier alpha value is -1.14. The van der Waals surface area contributed by atoms with Crippen LogP contribution in [-0.2, 0) is 16.5 Å². The molecule has 0 amide bonds. The van der Waals surface area contributed by atoms with Gasteiger partial charge in [0.05, 0.1) is 15.7 Å². The van der Waals surface area contributed by atoms with Crippen molar-refractivity contribution >= 4 is 11.0 Å². The number of halogens is 3. The number of alkyl halides is 3. The summed E-state index contributed by atoms with van der Waals surface area (Å²) in [6.07, 6.45) is -4.99. The second-order valence-corrected chi connectivity index (χ2v) is 8.35. The van der Waals surface area contributed by atoms with Crippen LogP contribution in [-0.4, -0.2) is 15.1 Å². The molecule has 2 nitrogen and oxygen atoms in total. The zero-order valence-corrected chi connectivity index (χ0v) is 14.1. The standard InChI is InChI=1S/C16H22F3NOS/c1-12(2)11-15(16(17,18)19,13-9-7-6-8-10-13)20-22(21)14(3,4)5/h6-10,20H,1,11H2,2-5H3/t15-,22-/m0/s1. The molecule has 22 heavy (non-hydrogen) atoms. The summed E-state index contributed by atoms with van der Waals surface area (Å²) in [4.78, 5) is 0. The van der Waals surface area contributed by atoms with Crippen molar-refractivity contribution in [3.8, 4) is 0 Å². The van der Waals surface area contributed by atoms with Gasteiger partial charge in [0.15, 0.2) is 5.54 Å². The second kappa shape index (κ2) is 6.54. The molecule has 0 bridgehead atoms. The van der Waals surface area contributed by atoms with E-state index in [-0.39, 0.29) is 12.0 Å². The molecule has 0 heterocycles. The average molecular weight is 333 g/mol. The van der Waals surface area contributed by atoms with Gasteiger partial charge in [0, 0.05) is 0 Å². The first-order valence-corrected chi connectivity index (χ1v) is 8.01. The van der Waals surface area contributed by atoms with Crippen molar-refractivity contribution in [1.82, 2.24) is 4.72 Å². The minimum Gasteiger partial charge on any atom is -0.242 e. The summed E-state index contributed by atoms with van der Waals surface area (Å²) < 4.78 is 55.7.